The molecule has 0 saturated carbocycles. The fourth-order valence-electron chi connectivity index (χ4n) is 0.450. The van der Waals surface area contributed by atoms with Gasteiger partial charge in [-0.05, 0) is 0 Å². The van der Waals surface area contributed by atoms with Gasteiger partial charge < -0.3 is 10.00 Å². The van der Waals surface area contributed by atoms with Gasteiger partial charge in [0.2, 0.25) is 0 Å². The normalized spacial score (nSPS) is 21.1. The molecule has 3 N–H and O–H groups in total. The van der Waals surface area contributed by atoms with Gasteiger partial charge >= 0.3 is 24.2 Å². The second kappa shape index (κ2) is 7.10. The third-order valence-electron chi connectivity index (χ3n) is 0.976. The number of hydrogen-bond acceptors (Lipinski definition) is 8. The lowest BCUT2D eigenvalue weighted by Crippen LogP contribution is -1.96. The molecule has 0 aliphatic carbocycles. The highest BCUT2D eigenvalue weighted by Gasteiger charge is 2.41. The van der Waals surface area contributed by atoms with Crippen molar-refractivity contribution < 1.29 is 46.2 Å². The zero-order chi connectivity index (χ0) is 12.8. The Morgan fingerprint density at radius 2 is 1.75 bits per heavy atom. The summed E-state index contributed by atoms with van der Waals surface area (Å²) >= 11 is 0. The van der Waals surface area contributed by atoms with Crippen LogP contribution in [0.3, 0.4) is 0 Å². The van der Waals surface area contributed by atoms with Crippen molar-refractivity contribution in [2.75, 3.05) is 21.0 Å². The molecule has 0 aromatic carbocycles. The molecule has 16 heavy (non-hydrogen) atoms. The third-order valence-corrected chi connectivity index (χ3v) is 5.31. The Labute approximate surface area is 92.3 Å². The molecular weight excluding hydrogens is 289 g/mol. The Morgan fingerprint density at radius 3 is 2.12 bits per heavy atom. The molecule has 0 amide bonds. The summed E-state index contributed by atoms with van der Waals surface area (Å²) < 4.78 is 42.7. The van der Waals surface area contributed by atoms with Crippen LogP contribution in [0.2, 0.25) is 0 Å². The summed E-state index contributed by atoms with van der Waals surface area (Å²) in [4.78, 5) is 17.7. The first kappa shape index (κ1) is 16.6. The van der Waals surface area contributed by atoms with Crippen LogP contribution in [0, 0.1) is 0 Å². The number of aliphatic hydroxyl groups is 1. The minimum atomic E-state index is -4.89. The lowest BCUT2D eigenvalue weighted by molar-refractivity contribution is 0.0785. The summed E-state index contributed by atoms with van der Waals surface area (Å²) in [5, 5.41) is 8.35. The Balaban J connectivity index is 4.44. The van der Waals surface area contributed by atoms with Crippen molar-refractivity contribution in [1.29, 1.82) is 0 Å². The molecule has 0 fully saturated rings. The number of hydrogen-bond donors (Lipinski definition) is 3. The molecule has 0 heterocycles. The van der Waals surface area contributed by atoms with E-state index in [1.54, 1.807) is 0 Å². The van der Waals surface area contributed by atoms with E-state index in [1.165, 1.54) is 0 Å². The summed E-state index contributed by atoms with van der Waals surface area (Å²) in [6, 6.07) is 0. The zero-order valence-corrected chi connectivity index (χ0v) is 11.1. The van der Waals surface area contributed by atoms with Crippen LogP contribution in [-0.4, -0.2) is 35.9 Å². The second-order valence-electron chi connectivity index (χ2n) is 2.02. The average Bonchev–Trinajstić information content (AvgIpc) is 2.15. The van der Waals surface area contributed by atoms with Crippen molar-refractivity contribution in [2.24, 2.45) is 0 Å². The van der Waals surface area contributed by atoms with Crippen LogP contribution in [0.1, 0.15) is 0 Å². The van der Waals surface area contributed by atoms with Crippen molar-refractivity contribution in [2.45, 2.75) is 0 Å². The topological polar surface area (TPSA) is 141 Å². The molecule has 0 aromatic rings. The first-order valence-corrected chi connectivity index (χ1v) is 7.74. The molecule has 13 heteroatoms. The predicted molar refractivity (Wildman–Crippen MR) is 52.3 cm³/mol. The molecule has 0 aliphatic heterocycles. The minimum absolute atomic E-state index is 0.799. The summed E-state index contributed by atoms with van der Waals surface area (Å²) in [6.07, 6.45) is 0. The van der Waals surface area contributed by atoms with Crippen molar-refractivity contribution in [1.82, 2.24) is 0 Å². The standard InChI is InChI=1S/C3H11O10P3/c1-9-14(11-3-4)12-16(7,8)13-15(5,6)10-2/h4,14H,3H2,1-2H3,(H-,5,6,7,8)/p+1. The number of rotatable bonds is 8. The monoisotopic (exact) mass is 301 g/mol. The Bertz CT molecular complexity index is 291. The van der Waals surface area contributed by atoms with E-state index >= 15 is 0 Å². The van der Waals surface area contributed by atoms with Gasteiger partial charge in [0, 0.05) is 7.11 Å². The summed E-state index contributed by atoms with van der Waals surface area (Å²) in [5.41, 5.74) is 0. The SMILES string of the molecule is CO[PH+](OCO)OP(=O)(O)OP(=O)(O)OC. The van der Waals surface area contributed by atoms with Gasteiger partial charge in [-0.25, -0.2) is 9.13 Å². The first-order chi connectivity index (χ1) is 7.26. The van der Waals surface area contributed by atoms with Crippen LogP contribution in [-0.2, 0) is 31.3 Å². The van der Waals surface area contributed by atoms with Crippen LogP contribution < -0.4 is 0 Å². The molecule has 0 saturated heterocycles. The molecule has 98 valence electrons. The number of aliphatic hydroxyl groups excluding tert-OH is 1. The lowest BCUT2D eigenvalue weighted by atomic mass is 11.6. The van der Waals surface area contributed by atoms with Crippen molar-refractivity contribution in [3.63, 3.8) is 0 Å². The van der Waals surface area contributed by atoms with Gasteiger partial charge in [0.05, 0.1) is 7.11 Å². The van der Waals surface area contributed by atoms with Gasteiger partial charge in [0.15, 0.2) is 6.79 Å². The van der Waals surface area contributed by atoms with E-state index in [-0.39, 0.29) is 0 Å². The Hall–Kier alpha value is 0.570. The van der Waals surface area contributed by atoms with E-state index in [9.17, 15) is 9.13 Å². The second-order valence-corrected chi connectivity index (χ2v) is 6.84. The maximum absolute atomic E-state index is 11.1. The lowest BCUT2D eigenvalue weighted by Gasteiger charge is -2.12. The molecular formula is C3H12O10P3+. The van der Waals surface area contributed by atoms with Crippen molar-refractivity contribution in [3.8, 4) is 0 Å². The number of phosphoric acid groups is 2. The van der Waals surface area contributed by atoms with Crippen LogP contribution in [0.25, 0.3) is 0 Å². The molecule has 0 spiro atoms. The molecule has 0 radical (unpaired) electrons. The van der Waals surface area contributed by atoms with Gasteiger partial charge in [-0.2, -0.15) is 13.4 Å². The average molecular weight is 301 g/mol. The van der Waals surface area contributed by atoms with Crippen molar-refractivity contribution in [3.05, 3.63) is 0 Å². The summed E-state index contributed by atoms with van der Waals surface area (Å²) in [5.74, 6) is 0. The molecule has 3 atom stereocenters. The van der Waals surface area contributed by atoms with E-state index in [1.807, 2.05) is 0 Å². The van der Waals surface area contributed by atoms with E-state index in [0.29, 0.717) is 0 Å². The largest absolute Gasteiger partial charge is 0.519 e. The minimum Gasteiger partial charge on any atom is -0.367 e. The molecule has 3 unspecified atom stereocenters. The van der Waals surface area contributed by atoms with Crippen LogP contribution in [0.15, 0.2) is 0 Å². The highest BCUT2D eigenvalue weighted by atomic mass is 31.3. The van der Waals surface area contributed by atoms with E-state index in [0.717, 1.165) is 14.2 Å². The third kappa shape index (κ3) is 7.01. The molecule has 10 nitrogen and oxygen atoms in total. The van der Waals surface area contributed by atoms with Crippen LogP contribution >= 0.6 is 24.2 Å². The highest BCUT2D eigenvalue weighted by Crippen LogP contribution is 2.65. The summed E-state index contributed by atoms with van der Waals surface area (Å²) in [6.45, 7) is -0.816. The zero-order valence-electron chi connectivity index (χ0n) is 8.30. The van der Waals surface area contributed by atoms with E-state index in [4.69, 9.17) is 14.9 Å². The Morgan fingerprint density at radius 1 is 1.19 bits per heavy atom. The van der Waals surface area contributed by atoms with Gasteiger partial charge in [0.1, 0.15) is 0 Å². The number of phosphoric ester groups is 1. The van der Waals surface area contributed by atoms with Crippen LogP contribution in [0.4, 0.5) is 0 Å². The fourth-order valence-corrected chi connectivity index (χ4v) is 3.68. The van der Waals surface area contributed by atoms with E-state index in [2.05, 4.69) is 22.2 Å². The predicted octanol–water partition coefficient (Wildman–Crippen LogP) is 0.439. The molecule has 0 rings (SSSR count). The first-order valence-electron chi connectivity index (χ1n) is 3.53. The highest BCUT2D eigenvalue weighted by molar-refractivity contribution is 7.65. The Kier molecular flexibility index (Phi) is 7.36. The maximum Gasteiger partial charge on any atom is 0.519 e. The smallest absolute Gasteiger partial charge is 0.367 e. The quantitative estimate of drug-likeness (QED) is 0.427. The van der Waals surface area contributed by atoms with Gasteiger partial charge in [0.25, 0.3) is 0 Å². The van der Waals surface area contributed by atoms with E-state index < -0.39 is 31.0 Å². The van der Waals surface area contributed by atoms with Gasteiger partial charge in [-0.3, -0.25) is 9.42 Å². The van der Waals surface area contributed by atoms with Crippen molar-refractivity contribution >= 4 is 24.2 Å². The molecule has 0 bridgehead atoms. The van der Waals surface area contributed by atoms with Gasteiger partial charge in [-0.1, -0.05) is 4.31 Å². The fraction of sp³-hybridized carbons (Fsp3) is 1.00. The van der Waals surface area contributed by atoms with Gasteiger partial charge in [-0.15, -0.1) is 0 Å². The maximum atomic E-state index is 11.1. The summed E-state index contributed by atoms with van der Waals surface area (Å²) in [7, 11) is -10.4. The molecule has 0 aliphatic rings. The van der Waals surface area contributed by atoms with Crippen LogP contribution in [0.5, 0.6) is 0 Å². The molecule has 0 aromatic heterocycles.